The quantitative estimate of drug-likeness (QED) is 0.533. The number of hydrogen-bond acceptors (Lipinski definition) is 7. The lowest BCUT2D eigenvalue weighted by atomic mass is 10.2. The molecule has 0 unspecified atom stereocenters. The standard InChI is InChI=1S/C19H17N5O3/c1-26-15-6-13(7-16(8-15)27-2)9-22-24-19(25)18-12-21-11-17(23-18)14-4-3-5-20-10-14/h3-12H,1-2H3,(H,24,25). The molecule has 0 atom stereocenters. The Hall–Kier alpha value is -3.81. The van der Waals surface area contributed by atoms with E-state index in [0.29, 0.717) is 22.8 Å². The number of hydrogen-bond donors (Lipinski definition) is 1. The first-order chi connectivity index (χ1) is 13.2. The molecule has 0 saturated carbocycles. The number of nitrogens with zero attached hydrogens (tertiary/aromatic N) is 4. The molecule has 0 spiro atoms. The third-order valence-electron chi connectivity index (χ3n) is 3.58. The van der Waals surface area contributed by atoms with Gasteiger partial charge in [0.1, 0.15) is 17.2 Å². The van der Waals surface area contributed by atoms with Crippen molar-refractivity contribution in [2.75, 3.05) is 14.2 Å². The van der Waals surface area contributed by atoms with Crippen LogP contribution in [0.2, 0.25) is 0 Å². The molecule has 136 valence electrons. The summed E-state index contributed by atoms with van der Waals surface area (Å²) in [6.07, 6.45) is 7.75. The van der Waals surface area contributed by atoms with Gasteiger partial charge in [0.05, 0.1) is 38.5 Å². The molecule has 0 radical (unpaired) electrons. The van der Waals surface area contributed by atoms with E-state index >= 15 is 0 Å². The zero-order valence-corrected chi connectivity index (χ0v) is 14.8. The zero-order valence-electron chi connectivity index (χ0n) is 14.8. The Kier molecular flexibility index (Phi) is 5.68. The molecular formula is C19H17N5O3. The van der Waals surface area contributed by atoms with Gasteiger partial charge in [0.25, 0.3) is 5.91 Å². The normalized spacial score (nSPS) is 10.6. The molecule has 0 bridgehead atoms. The lowest BCUT2D eigenvalue weighted by Crippen LogP contribution is -2.19. The van der Waals surface area contributed by atoms with E-state index < -0.39 is 5.91 Å². The van der Waals surface area contributed by atoms with Crippen LogP contribution >= 0.6 is 0 Å². The lowest BCUT2D eigenvalue weighted by Gasteiger charge is -2.05. The van der Waals surface area contributed by atoms with Crippen LogP contribution in [0.1, 0.15) is 16.1 Å². The van der Waals surface area contributed by atoms with Crippen molar-refractivity contribution < 1.29 is 14.3 Å². The van der Waals surface area contributed by atoms with Crippen LogP contribution in [0, 0.1) is 0 Å². The third kappa shape index (κ3) is 4.63. The molecule has 3 aromatic rings. The number of aromatic nitrogens is 3. The highest BCUT2D eigenvalue weighted by atomic mass is 16.5. The maximum atomic E-state index is 12.3. The molecule has 0 saturated heterocycles. The van der Waals surface area contributed by atoms with E-state index in [4.69, 9.17) is 9.47 Å². The molecule has 0 aliphatic heterocycles. The molecule has 0 fully saturated rings. The van der Waals surface area contributed by atoms with Crippen molar-refractivity contribution in [1.29, 1.82) is 0 Å². The number of hydrazone groups is 1. The Morgan fingerprint density at radius 1 is 1.07 bits per heavy atom. The summed E-state index contributed by atoms with van der Waals surface area (Å²) >= 11 is 0. The average molecular weight is 363 g/mol. The van der Waals surface area contributed by atoms with Crippen molar-refractivity contribution in [2.45, 2.75) is 0 Å². The number of benzene rings is 1. The highest BCUT2D eigenvalue weighted by Crippen LogP contribution is 2.21. The van der Waals surface area contributed by atoms with Crippen LogP contribution in [0.15, 0.2) is 60.2 Å². The van der Waals surface area contributed by atoms with Crippen LogP contribution in [-0.2, 0) is 0 Å². The summed E-state index contributed by atoms with van der Waals surface area (Å²) in [5.41, 5.74) is 4.61. The molecule has 0 aliphatic carbocycles. The maximum absolute atomic E-state index is 12.3. The van der Waals surface area contributed by atoms with Crippen molar-refractivity contribution in [3.63, 3.8) is 0 Å². The summed E-state index contributed by atoms with van der Waals surface area (Å²) < 4.78 is 10.4. The van der Waals surface area contributed by atoms with E-state index in [1.54, 1.807) is 57.1 Å². The van der Waals surface area contributed by atoms with Gasteiger partial charge in [-0.05, 0) is 24.3 Å². The minimum Gasteiger partial charge on any atom is -0.497 e. The van der Waals surface area contributed by atoms with Crippen LogP contribution in [-0.4, -0.2) is 41.3 Å². The first-order valence-corrected chi connectivity index (χ1v) is 7.98. The lowest BCUT2D eigenvalue weighted by molar-refractivity contribution is 0.0950. The maximum Gasteiger partial charge on any atom is 0.291 e. The molecule has 1 aromatic carbocycles. The molecule has 8 heteroatoms. The van der Waals surface area contributed by atoms with Crippen molar-refractivity contribution >= 4 is 12.1 Å². The molecule has 0 aliphatic rings. The van der Waals surface area contributed by atoms with Gasteiger partial charge in [0.15, 0.2) is 0 Å². The minimum absolute atomic E-state index is 0.150. The van der Waals surface area contributed by atoms with Crippen molar-refractivity contribution in [1.82, 2.24) is 20.4 Å². The van der Waals surface area contributed by atoms with Gasteiger partial charge in [-0.3, -0.25) is 14.8 Å². The molecular weight excluding hydrogens is 346 g/mol. The Bertz CT molecular complexity index is 938. The fourth-order valence-corrected chi connectivity index (χ4v) is 2.26. The van der Waals surface area contributed by atoms with E-state index in [-0.39, 0.29) is 5.69 Å². The monoisotopic (exact) mass is 363 g/mol. The van der Waals surface area contributed by atoms with Gasteiger partial charge in [-0.2, -0.15) is 5.10 Å². The van der Waals surface area contributed by atoms with E-state index in [9.17, 15) is 4.79 Å². The van der Waals surface area contributed by atoms with Crippen LogP contribution in [0.3, 0.4) is 0 Å². The minimum atomic E-state index is -0.473. The smallest absolute Gasteiger partial charge is 0.291 e. The van der Waals surface area contributed by atoms with Gasteiger partial charge in [0.2, 0.25) is 0 Å². The summed E-state index contributed by atoms with van der Waals surface area (Å²) in [6, 6.07) is 8.90. The molecule has 27 heavy (non-hydrogen) atoms. The third-order valence-corrected chi connectivity index (χ3v) is 3.58. The van der Waals surface area contributed by atoms with E-state index in [1.807, 2.05) is 6.07 Å². The molecule has 1 N–H and O–H groups in total. The fourth-order valence-electron chi connectivity index (χ4n) is 2.26. The van der Waals surface area contributed by atoms with Crippen LogP contribution in [0.25, 0.3) is 11.3 Å². The first kappa shape index (κ1) is 18.0. The van der Waals surface area contributed by atoms with E-state index in [0.717, 1.165) is 5.56 Å². The number of nitrogens with one attached hydrogen (secondary N) is 1. The van der Waals surface area contributed by atoms with E-state index in [2.05, 4.69) is 25.5 Å². The summed E-state index contributed by atoms with van der Waals surface area (Å²) in [5, 5.41) is 3.96. The topological polar surface area (TPSA) is 98.6 Å². The Morgan fingerprint density at radius 2 is 1.85 bits per heavy atom. The van der Waals surface area contributed by atoms with Crippen molar-refractivity contribution in [2.24, 2.45) is 5.10 Å². The summed E-state index contributed by atoms with van der Waals surface area (Å²) in [7, 11) is 3.12. The number of amides is 1. The second kappa shape index (κ2) is 8.52. The van der Waals surface area contributed by atoms with Gasteiger partial charge in [0, 0.05) is 29.6 Å². The van der Waals surface area contributed by atoms with Gasteiger partial charge in [-0.1, -0.05) is 0 Å². The molecule has 2 aromatic heterocycles. The van der Waals surface area contributed by atoms with Gasteiger partial charge >= 0.3 is 0 Å². The summed E-state index contributed by atoms with van der Waals surface area (Å²) in [6.45, 7) is 0. The number of pyridine rings is 1. The largest absolute Gasteiger partial charge is 0.497 e. The number of carbonyl (C=O) groups is 1. The van der Waals surface area contributed by atoms with Crippen molar-refractivity contribution in [3.05, 3.63) is 66.4 Å². The van der Waals surface area contributed by atoms with Crippen LogP contribution in [0.4, 0.5) is 0 Å². The SMILES string of the molecule is COc1cc(C=NNC(=O)c2cncc(-c3cccnc3)n2)cc(OC)c1. The Labute approximate surface area is 155 Å². The Morgan fingerprint density at radius 3 is 2.52 bits per heavy atom. The van der Waals surface area contributed by atoms with E-state index in [1.165, 1.54) is 12.4 Å². The number of methoxy groups -OCH3 is 2. The molecule has 1 amide bonds. The van der Waals surface area contributed by atoms with Gasteiger partial charge in [-0.25, -0.2) is 10.4 Å². The number of carbonyl (C=O) groups excluding carboxylic acids is 1. The molecule has 8 nitrogen and oxygen atoms in total. The van der Waals surface area contributed by atoms with Crippen LogP contribution in [0.5, 0.6) is 11.5 Å². The summed E-state index contributed by atoms with van der Waals surface area (Å²) in [4.78, 5) is 24.7. The fraction of sp³-hybridized carbons (Fsp3) is 0.105. The predicted octanol–water partition coefficient (Wildman–Crippen LogP) is 2.32. The average Bonchev–Trinajstić information content (AvgIpc) is 2.74. The number of ether oxygens (including phenoxy) is 2. The first-order valence-electron chi connectivity index (χ1n) is 7.98. The zero-order chi connectivity index (χ0) is 19.1. The predicted molar refractivity (Wildman–Crippen MR) is 99.9 cm³/mol. The number of rotatable bonds is 6. The summed E-state index contributed by atoms with van der Waals surface area (Å²) in [5.74, 6) is 0.772. The van der Waals surface area contributed by atoms with Crippen molar-refractivity contribution in [3.8, 4) is 22.8 Å². The van der Waals surface area contributed by atoms with Crippen LogP contribution < -0.4 is 14.9 Å². The van der Waals surface area contributed by atoms with Gasteiger partial charge in [-0.15, -0.1) is 0 Å². The highest BCUT2D eigenvalue weighted by molar-refractivity contribution is 5.93. The Balaban J connectivity index is 1.72. The van der Waals surface area contributed by atoms with Gasteiger partial charge < -0.3 is 9.47 Å². The second-order valence-corrected chi connectivity index (χ2v) is 5.38. The molecule has 3 rings (SSSR count). The molecule has 2 heterocycles. The second-order valence-electron chi connectivity index (χ2n) is 5.38. The highest BCUT2D eigenvalue weighted by Gasteiger charge is 2.09.